The number of rotatable bonds is 7. The summed E-state index contributed by atoms with van der Waals surface area (Å²) in [5, 5.41) is 2.53. The van der Waals surface area contributed by atoms with Gasteiger partial charge in [0.25, 0.3) is 0 Å². The first kappa shape index (κ1) is 18.8. The summed E-state index contributed by atoms with van der Waals surface area (Å²) in [6, 6.07) is 8.44. The van der Waals surface area contributed by atoms with E-state index in [0.29, 0.717) is 11.8 Å². The van der Waals surface area contributed by atoms with E-state index < -0.39 is 21.7 Å². The van der Waals surface area contributed by atoms with E-state index in [1.165, 1.54) is 31.2 Å². The molecular weight excluding hydrogens is 354 g/mol. The van der Waals surface area contributed by atoms with E-state index in [1.807, 2.05) is 0 Å². The Morgan fingerprint density at radius 1 is 1.12 bits per heavy atom. The number of ether oxygens (including phenoxy) is 1. The van der Waals surface area contributed by atoms with Gasteiger partial charge >= 0.3 is 0 Å². The third kappa shape index (κ3) is 5.50. The highest BCUT2D eigenvalue weighted by molar-refractivity contribution is 7.89. The standard InChI is InChI=1S/C16H16F2N2O4S/c1-11(21)20-13-3-5-14(6-4-13)25(22,23)19-8-9-24-16-7-2-12(17)10-15(16)18/h2-7,10,19H,8-9H2,1H3,(H,20,21). The van der Waals surface area contributed by atoms with Gasteiger partial charge in [0.05, 0.1) is 4.90 Å². The molecule has 0 saturated heterocycles. The Labute approximate surface area is 143 Å². The second-order valence-electron chi connectivity index (χ2n) is 5.03. The van der Waals surface area contributed by atoms with E-state index in [2.05, 4.69) is 10.0 Å². The zero-order valence-electron chi connectivity index (χ0n) is 13.3. The number of hydrogen-bond donors (Lipinski definition) is 2. The molecule has 0 aliphatic rings. The Morgan fingerprint density at radius 2 is 1.80 bits per heavy atom. The molecular formula is C16H16F2N2O4S. The molecule has 2 aromatic rings. The lowest BCUT2D eigenvalue weighted by molar-refractivity contribution is -0.114. The van der Waals surface area contributed by atoms with Gasteiger partial charge in [-0.15, -0.1) is 0 Å². The molecule has 1 amide bonds. The van der Waals surface area contributed by atoms with Crippen molar-refractivity contribution in [2.75, 3.05) is 18.5 Å². The van der Waals surface area contributed by atoms with Crippen molar-refractivity contribution in [3.05, 3.63) is 54.1 Å². The third-order valence-corrected chi connectivity index (χ3v) is 4.51. The van der Waals surface area contributed by atoms with Gasteiger partial charge in [0.15, 0.2) is 11.6 Å². The lowest BCUT2D eigenvalue weighted by Gasteiger charge is -2.10. The van der Waals surface area contributed by atoms with Crippen molar-refractivity contribution in [2.45, 2.75) is 11.8 Å². The minimum Gasteiger partial charge on any atom is -0.489 e. The van der Waals surface area contributed by atoms with Crippen LogP contribution in [0.5, 0.6) is 5.75 Å². The minimum absolute atomic E-state index is 0.00886. The number of sulfonamides is 1. The van der Waals surface area contributed by atoms with Crippen molar-refractivity contribution < 1.29 is 26.7 Å². The fourth-order valence-electron chi connectivity index (χ4n) is 1.93. The molecule has 0 radical (unpaired) electrons. The van der Waals surface area contributed by atoms with Crippen molar-refractivity contribution >= 4 is 21.6 Å². The van der Waals surface area contributed by atoms with Crippen LogP contribution in [-0.4, -0.2) is 27.5 Å². The van der Waals surface area contributed by atoms with Crippen molar-refractivity contribution in [1.82, 2.24) is 4.72 Å². The molecule has 25 heavy (non-hydrogen) atoms. The molecule has 0 bridgehead atoms. The number of anilines is 1. The predicted octanol–water partition coefficient (Wildman–Crippen LogP) is 2.28. The zero-order chi connectivity index (χ0) is 18.4. The number of benzene rings is 2. The summed E-state index contributed by atoms with van der Waals surface area (Å²) < 4.78 is 57.7. The fraction of sp³-hybridized carbons (Fsp3) is 0.188. The van der Waals surface area contributed by atoms with E-state index in [9.17, 15) is 22.0 Å². The highest BCUT2D eigenvalue weighted by Crippen LogP contribution is 2.17. The van der Waals surface area contributed by atoms with Crippen LogP contribution in [0.3, 0.4) is 0 Å². The molecule has 0 unspecified atom stereocenters. The fourth-order valence-corrected chi connectivity index (χ4v) is 2.95. The van der Waals surface area contributed by atoms with Gasteiger partial charge in [0.1, 0.15) is 12.4 Å². The lowest BCUT2D eigenvalue weighted by atomic mass is 10.3. The van der Waals surface area contributed by atoms with Crippen LogP contribution in [0.2, 0.25) is 0 Å². The van der Waals surface area contributed by atoms with Gasteiger partial charge in [-0.1, -0.05) is 0 Å². The van der Waals surface area contributed by atoms with Gasteiger partial charge in [-0.05, 0) is 36.4 Å². The van der Waals surface area contributed by atoms with Gasteiger partial charge < -0.3 is 10.1 Å². The molecule has 2 aromatic carbocycles. The van der Waals surface area contributed by atoms with Gasteiger partial charge in [-0.2, -0.15) is 0 Å². The van der Waals surface area contributed by atoms with Gasteiger partial charge in [-0.25, -0.2) is 21.9 Å². The van der Waals surface area contributed by atoms with Crippen LogP contribution in [0.4, 0.5) is 14.5 Å². The molecule has 134 valence electrons. The van der Waals surface area contributed by atoms with Crippen molar-refractivity contribution in [2.24, 2.45) is 0 Å². The molecule has 0 fully saturated rings. The number of hydrogen-bond acceptors (Lipinski definition) is 4. The molecule has 0 spiro atoms. The highest BCUT2D eigenvalue weighted by Gasteiger charge is 2.13. The second kappa shape index (κ2) is 8.04. The van der Waals surface area contributed by atoms with E-state index in [4.69, 9.17) is 4.74 Å². The number of carbonyl (C=O) groups is 1. The molecule has 0 aromatic heterocycles. The lowest BCUT2D eigenvalue weighted by Crippen LogP contribution is -2.28. The molecule has 0 aliphatic heterocycles. The zero-order valence-corrected chi connectivity index (χ0v) is 14.1. The Kier molecular flexibility index (Phi) is 6.05. The smallest absolute Gasteiger partial charge is 0.240 e. The molecule has 2 N–H and O–H groups in total. The first-order valence-electron chi connectivity index (χ1n) is 7.23. The van der Waals surface area contributed by atoms with Crippen molar-refractivity contribution in [3.63, 3.8) is 0 Å². The molecule has 0 saturated carbocycles. The first-order chi connectivity index (χ1) is 11.8. The maximum absolute atomic E-state index is 13.4. The average Bonchev–Trinajstić information content (AvgIpc) is 2.53. The molecule has 0 heterocycles. The maximum Gasteiger partial charge on any atom is 0.240 e. The van der Waals surface area contributed by atoms with E-state index in [1.54, 1.807) is 0 Å². The summed E-state index contributed by atoms with van der Waals surface area (Å²) in [6.07, 6.45) is 0. The van der Waals surface area contributed by atoms with Gasteiger partial charge in [0.2, 0.25) is 15.9 Å². The van der Waals surface area contributed by atoms with Crippen LogP contribution in [0, 0.1) is 11.6 Å². The van der Waals surface area contributed by atoms with Crippen LogP contribution >= 0.6 is 0 Å². The Bertz CT molecular complexity index is 855. The van der Waals surface area contributed by atoms with Crippen LogP contribution in [0.15, 0.2) is 47.4 Å². The van der Waals surface area contributed by atoms with E-state index in [-0.39, 0.29) is 29.7 Å². The number of nitrogens with one attached hydrogen (secondary N) is 2. The summed E-state index contributed by atoms with van der Waals surface area (Å²) in [7, 11) is -3.77. The average molecular weight is 370 g/mol. The predicted molar refractivity (Wildman–Crippen MR) is 87.8 cm³/mol. The van der Waals surface area contributed by atoms with Gasteiger partial charge in [0, 0.05) is 25.2 Å². The monoisotopic (exact) mass is 370 g/mol. The summed E-state index contributed by atoms with van der Waals surface area (Å²) in [5.41, 5.74) is 0.474. The molecule has 2 rings (SSSR count). The number of halogens is 2. The normalized spacial score (nSPS) is 11.2. The van der Waals surface area contributed by atoms with E-state index >= 15 is 0 Å². The number of amides is 1. The largest absolute Gasteiger partial charge is 0.489 e. The van der Waals surface area contributed by atoms with Gasteiger partial charge in [-0.3, -0.25) is 4.79 Å². The third-order valence-electron chi connectivity index (χ3n) is 3.03. The van der Waals surface area contributed by atoms with E-state index in [0.717, 1.165) is 12.1 Å². The molecule has 6 nitrogen and oxygen atoms in total. The number of carbonyl (C=O) groups excluding carboxylic acids is 1. The maximum atomic E-state index is 13.4. The van der Waals surface area contributed by atoms with Crippen LogP contribution in [0.1, 0.15) is 6.92 Å². The Morgan fingerprint density at radius 3 is 2.40 bits per heavy atom. The van der Waals surface area contributed by atoms with Crippen LogP contribution in [0.25, 0.3) is 0 Å². The Hall–Kier alpha value is -2.52. The van der Waals surface area contributed by atoms with Crippen molar-refractivity contribution in [3.8, 4) is 5.75 Å². The second-order valence-corrected chi connectivity index (χ2v) is 6.79. The first-order valence-corrected chi connectivity index (χ1v) is 8.71. The SMILES string of the molecule is CC(=O)Nc1ccc(S(=O)(=O)NCCOc2ccc(F)cc2F)cc1. The molecule has 9 heteroatoms. The highest BCUT2D eigenvalue weighted by atomic mass is 32.2. The summed E-state index contributed by atoms with van der Waals surface area (Å²) in [6.45, 7) is 1.11. The molecule has 0 atom stereocenters. The van der Waals surface area contributed by atoms with Crippen LogP contribution in [-0.2, 0) is 14.8 Å². The minimum atomic E-state index is -3.77. The Balaban J connectivity index is 1.89. The molecule has 0 aliphatic carbocycles. The van der Waals surface area contributed by atoms with Crippen molar-refractivity contribution in [1.29, 1.82) is 0 Å². The van der Waals surface area contributed by atoms with Crippen LogP contribution < -0.4 is 14.8 Å². The summed E-state index contributed by atoms with van der Waals surface area (Å²) in [4.78, 5) is 10.9. The summed E-state index contributed by atoms with van der Waals surface area (Å²) >= 11 is 0. The summed E-state index contributed by atoms with van der Waals surface area (Å²) in [5.74, 6) is -2.02. The quantitative estimate of drug-likeness (QED) is 0.733. The topological polar surface area (TPSA) is 84.5 Å².